The van der Waals surface area contributed by atoms with Crippen LogP contribution in [0.15, 0.2) is 18.2 Å². The average molecular weight is 221 g/mol. The van der Waals surface area contributed by atoms with Crippen LogP contribution in [0.1, 0.15) is 22.8 Å². The van der Waals surface area contributed by atoms with Crippen molar-refractivity contribution in [2.75, 3.05) is 5.73 Å². The maximum absolute atomic E-state index is 11.8. The summed E-state index contributed by atoms with van der Waals surface area (Å²) in [5.41, 5.74) is 12.4. The van der Waals surface area contributed by atoms with Crippen molar-refractivity contribution in [2.45, 2.75) is 19.9 Å². The summed E-state index contributed by atoms with van der Waals surface area (Å²) in [7, 11) is 0. The average Bonchev–Trinajstić information content (AvgIpc) is 2.21. The maximum Gasteiger partial charge on any atom is 0.252 e. The lowest BCUT2D eigenvalue weighted by Crippen LogP contribution is -2.42. The van der Waals surface area contributed by atoms with Gasteiger partial charge in [-0.2, -0.15) is 0 Å². The predicted molar refractivity (Wildman–Crippen MR) is 61.7 cm³/mol. The SMILES string of the molecule is Cc1c(N)cccc1C(=O)NC(C)C(N)=O. The fourth-order valence-corrected chi connectivity index (χ4v) is 1.25. The molecule has 86 valence electrons. The molecule has 5 heteroatoms. The Hall–Kier alpha value is -2.04. The van der Waals surface area contributed by atoms with Gasteiger partial charge in [-0.15, -0.1) is 0 Å². The summed E-state index contributed by atoms with van der Waals surface area (Å²) in [5.74, 6) is -0.925. The van der Waals surface area contributed by atoms with Gasteiger partial charge in [0, 0.05) is 11.3 Å². The molecule has 2 amide bonds. The third kappa shape index (κ3) is 2.50. The second-order valence-electron chi connectivity index (χ2n) is 3.62. The van der Waals surface area contributed by atoms with E-state index in [2.05, 4.69) is 5.32 Å². The molecule has 0 saturated carbocycles. The highest BCUT2D eigenvalue weighted by Gasteiger charge is 2.15. The zero-order valence-electron chi connectivity index (χ0n) is 9.28. The molecule has 0 saturated heterocycles. The van der Waals surface area contributed by atoms with Crippen LogP contribution in [0.2, 0.25) is 0 Å². The van der Waals surface area contributed by atoms with E-state index in [0.717, 1.165) is 0 Å². The highest BCUT2D eigenvalue weighted by atomic mass is 16.2. The van der Waals surface area contributed by atoms with Crippen molar-refractivity contribution in [3.8, 4) is 0 Å². The molecular formula is C11H15N3O2. The van der Waals surface area contributed by atoms with E-state index in [0.29, 0.717) is 16.8 Å². The smallest absolute Gasteiger partial charge is 0.252 e. The number of rotatable bonds is 3. The van der Waals surface area contributed by atoms with Crippen molar-refractivity contribution in [1.29, 1.82) is 0 Å². The molecule has 1 aromatic carbocycles. The van der Waals surface area contributed by atoms with Crippen LogP contribution in [0.25, 0.3) is 0 Å². The Morgan fingerprint density at radius 3 is 2.56 bits per heavy atom. The summed E-state index contributed by atoms with van der Waals surface area (Å²) in [5, 5.41) is 2.49. The number of amides is 2. The molecule has 0 fully saturated rings. The van der Waals surface area contributed by atoms with E-state index in [1.54, 1.807) is 25.1 Å². The Balaban J connectivity index is 2.89. The number of benzene rings is 1. The summed E-state index contributed by atoms with van der Waals surface area (Å²) in [6.07, 6.45) is 0. The number of nitrogens with two attached hydrogens (primary N) is 2. The molecule has 16 heavy (non-hydrogen) atoms. The van der Waals surface area contributed by atoms with Gasteiger partial charge in [0.15, 0.2) is 0 Å². The number of hydrogen-bond donors (Lipinski definition) is 3. The molecular weight excluding hydrogens is 206 g/mol. The fraction of sp³-hybridized carbons (Fsp3) is 0.273. The van der Waals surface area contributed by atoms with E-state index in [9.17, 15) is 9.59 Å². The first-order valence-electron chi connectivity index (χ1n) is 4.88. The number of nitrogens with one attached hydrogen (secondary N) is 1. The second kappa shape index (κ2) is 4.65. The lowest BCUT2D eigenvalue weighted by molar-refractivity contribution is -0.119. The molecule has 1 atom stereocenters. The normalized spacial score (nSPS) is 11.9. The van der Waals surface area contributed by atoms with Crippen LogP contribution in [0.3, 0.4) is 0 Å². The van der Waals surface area contributed by atoms with Crippen LogP contribution >= 0.6 is 0 Å². The molecule has 0 spiro atoms. The molecule has 1 rings (SSSR count). The van der Waals surface area contributed by atoms with Gasteiger partial charge in [-0.25, -0.2) is 0 Å². The minimum Gasteiger partial charge on any atom is -0.398 e. The standard InChI is InChI=1S/C11H15N3O2/c1-6-8(4-3-5-9(6)12)11(16)14-7(2)10(13)15/h3-5,7H,12H2,1-2H3,(H2,13,15)(H,14,16). The van der Waals surface area contributed by atoms with Gasteiger partial charge >= 0.3 is 0 Å². The zero-order valence-corrected chi connectivity index (χ0v) is 9.28. The Labute approximate surface area is 93.8 Å². The summed E-state index contributed by atoms with van der Waals surface area (Å²) in [6.45, 7) is 3.28. The van der Waals surface area contributed by atoms with E-state index < -0.39 is 11.9 Å². The van der Waals surface area contributed by atoms with Crippen LogP contribution in [0.5, 0.6) is 0 Å². The van der Waals surface area contributed by atoms with Gasteiger partial charge in [0.1, 0.15) is 6.04 Å². The minimum atomic E-state index is -0.701. The van der Waals surface area contributed by atoms with Crippen molar-refractivity contribution < 1.29 is 9.59 Å². The number of nitrogen functional groups attached to an aromatic ring is 1. The predicted octanol–water partition coefficient (Wildman–Crippen LogP) is 0.181. The Morgan fingerprint density at radius 1 is 1.38 bits per heavy atom. The molecule has 1 aromatic rings. The summed E-state index contributed by atoms with van der Waals surface area (Å²) in [4.78, 5) is 22.6. The van der Waals surface area contributed by atoms with Crippen molar-refractivity contribution in [1.82, 2.24) is 5.32 Å². The number of carbonyl (C=O) groups is 2. The lowest BCUT2D eigenvalue weighted by Gasteiger charge is -2.12. The molecule has 0 aromatic heterocycles. The number of primary amides is 1. The largest absolute Gasteiger partial charge is 0.398 e. The van der Waals surface area contributed by atoms with Gasteiger partial charge in [0.05, 0.1) is 0 Å². The van der Waals surface area contributed by atoms with E-state index in [1.165, 1.54) is 6.92 Å². The van der Waals surface area contributed by atoms with Crippen LogP contribution < -0.4 is 16.8 Å². The molecule has 0 radical (unpaired) electrons. The van der Waals surface area contributed by atoms with E-state index >= 15 is 0 Å². The van der Waals surface area contributed by atoms with Crippen molar-refractivity contribution in [3.63, 3.8) is 0 Å². The molecule has 0 aliphatic carbocycles. The second-order valence-corrected chi connectivity index (χ2v) is 3.62. The van der Waals surface area contributed by atoms with Gasteiger partial charge < -0.3 is 16.8 Å². The van der Waals surface area contributed by atoms with Crippen LogP contribution in [-0.4, -0.2) is 17.9 Å². The number of carbonyl (C=O) groups excluding carboxylic acids is 2. The van der Waals surface area contributed by atoms with E-state index in [4.69, 9.17) is 11.5 Å². The lowest BCUT2D eigenvalue weighted by atomic mass is 10.1. The van der Waals surface area contributed by atoms with Crippen molar-refractivity contribution in [2.24, 2.45) is 5.73 Å². The highest BCUT2D eigenvalue weighted by Crippen LogP contribution is 2.15. The first-order chi connectivity index (χ1) is 7.43. The monoisotopic (exact) mass is 221 g/mol. The van der Waals surface area contributed by atoms with Crippen LogP contribution in [0.4, 0.5) is 5.69 Å². The van der Waals surface area contributed by atoms with Gasteiger partial charge in [0.2, 0.25) is 5.91 Å². The number of anilines is 1. The quantitative estimate of drug-likeness (QED) is 0.635. The summed E-state index contributed by atoms with van der Waals surface area (Å²) < 4.78 is 0. The van der Waals surface area contributed by atoms with Gasteiger partial charge in [-0.1, -0.05) is 6.07 Å². The van der Waals surface area contributed by atoms with Crippen molar-refractivity contribution in [3.05, 3.63) is 29.3 Å². The molecule has 5 N–H and O–H groups in total. The minimum absolute atomic E-state index is 0.351. The molecule has 0 aliphatic heterocycles. The zero-order chi connectivity index (χ0) is 12.3. The Morgan fingerprint density at radius 2 is 2.00 bits per heavy atom. The fourth-order valence-electron chi connectivity index (χ4n) is 1.25. The van der Waals surface area contributed by atoms with Gasteiger partial charge in [-0.3, -0.25) is 9.59 Å². The highest BCUT2D eigenvalue weighted by molar-refractivity contribution is 5.99. The molecule has 0 bridgehead atoms. The maximum atomic E-state index is 11.8. The van der Waals surface area contributed by atoms with E-state index in [-0.39, 0.29) is 5.91 Å². The Bertz CT molecular complexity index is 429. The molecule has 1 unspecified atom stereocenters. The van der Waals surface area contributed by atoms with Crippen LogP contribution in [0, 0.1) is 6.92 Å². The van der Waals surface area contributed by atoms with Gasteiger partial charge in [0.25, 0.3) is 5.91 Å². The van der Waals surface area contributed by atoms with Crippen molar-refractivity contribution >= 4 is 17.5 Å². The molecule has 0 heterocycles. The van der Waals surface area contributed by atoms with Gasteiger partial charge in [-0.05, 0) is 31.5 Å². The molecule has 0 aliphatic rings. The Kier molecular flexibility index (Phi) is 3.50. The topological polar surface area (TPSA) is 98.2 Å². The number of hydrogen-bond acceptors (Lipinski definition) is 3. The summed E-state index contributed by atoms with van der Waals surface area (Å²) in [6, 6.07) is 4.35. The summed E-state index contributed by atoms with van der Waals surface area (Å²) >= 11 is 0. The first-order valence-corrected chi connectivity index (χ1v) is 4.88. The first kappa shape index (κ1) is 12.0. The van der Waals surface area contributed by atoms with E-state index in [1.807, 2.05) is 0 Å². The molecule has 5 nitrogen and oxygen atoms in total. The van der Waals surface area contributed by atoms with Crippen LogP contribution in [-0.2, 0) is 4.79 Å². The third-order valence-corrected chi connectivity index (χ3v) is 2.39. The third-order valence-electron chi connectivity index (χ3n) is 2.39.